The van der Waals surface area contributed by atoms with Crippen molar-refractivity contribution in [1.82, 2.24) is 0 Å². The monoisotopic (exact) mass is 337 g/mol. The Morgan fingerprint density at radius 3 is 1.91 bits per heavy atom. The summed E-state index contributed by atoms with van der Waals surface area (Å²) in [5.74, 6) is -1.69. The van der Waals surface area contributed by atoms with E-state index in [0.717, 1.165) is 51.4 Å². The molecule has 0 spiro atoms. The van der Waals surface area contributed by atoms with Crippen LogP contribution in [-0.2, 0) is 9.59 Å². The molecule has 1 aliphatic rings. The van der Waals surface area contributed by atoms with E-state index in [1.807, 2.05) is 13.8 Å². The van der Waals surface area contributed by atoms with Crippen LogP contribution >= 0.6 is 0 Å². The number of carboxylic acids is 2. The van der Waals surface area contributed by atoms with Crippen molar-refractivity contribution in [3.05, 3.63) is 0 Å². The third kappa shape index (κ3) is 11.1. The molecule has 130 valence electrons. The number of carbonyl (C=O) groups is 2. The van der Waals surface area contributed by atoms with E-state index in [1.165, 1.54) is 6.42 Å². The smallest absolute Gasteiger partial charge is 0.550 e. The van der Waals surface area contributed by atoms with Crippen molar-refractivity contribution >= 4 is 11.9 Å². The summed E-state index contributed by atoms with van der Waals surface area (Å²) in [6.45, 7) is 4.53. The van der Waals surface area contributed by atoms with Gasteiger partial charge in [-0.05, 0) is 44.1 Å². The van der Waals surface area contributed by atoms with Crippen molar-refractivity contribution in [2.75, 3.05) is 6.54 Å². The molecule has 0 aromatic carbocycles. The standard InChI is InChI=1S/C9H17NO2.C8H16O2.Na/c10-7-9(6-8(11)12)4-2-1-3-5-9;1-3-5-7(6-4-2)8(9)10;/h1-7,10H2,(H,11,12);7H,3-6H2,1-2H3,(H,9,10);/q;;+1/p-1. The minimum Gasteiger partial charge on any atom is -0.550 e. The molecule has 0 heterocycles. The molecule has 0 bridgehead atoms. The molecule has 0 aliphatic heterocycles. The van der Waals surface area contributed by atoms with E-state index < -0.39 is 11.9 Å². The molecular formula is C17H32NNaO4. The van der Waals surface area contributed by atoms with Crippen LogP contribution in [0.3, 0.4) is 0 Å². The molecule has 23 heavy (non-hydrogen) atoms. The number of aliphatic carboxylic acids is 2. The second kappa shape index (κ2) is 14.3. The topological polar surface area (TPSA) is 103 Å². The summed E-state index contributed by atoms with van der Waals surface area (Å²) in [4.78, 5) is 20.9. The van der Waals surface area contributed by atoms with Gasteiger partial charge in [-0.15, -0.1) is 0 Å². The Morgan fingerprint density at radius 2 is 1.61 bits per heavy atom. The van der Waals surface area contributed by atoms with Crippen LogP contribution in [0.25, 0.3) is 0 Å². The number of nitrogens with two attached hydrogens (primary N) is 1. The van der Waals surface area contributed by atoms with Gasteiger partial charge in [-0.1, -0.05) is 46.0 Å². The Hall–Kier alpha value is -0.100. The molecule has 1 fully saturated rings. The molecule has 1 aliphatic carbocycles. The molecule has 0 aromatic rings. The van der Waals surface area contributed by atoms with Crippen LogP contribution in [0.2, 0.25) is 0 Å². The van der Waals surface area contributed by atoms with Crippen LogP contribution in [0.4, 0.5) is 0 Å². The average Bonchev–Trinajstić information content (AvgIpc) is 2.48. The van der Waals surface area contributed by atoms with Crippen molar-refractivity contribution in [1.29, 1.82) is 0 Å². The van der Waals surface area contributed by atoms with E-state index in [4.69, 9.17) is 10.8 Å². The first-order chi connectivity index (χ1) is 10.4. The van der Waals surface area contributed by atoms with Crippen molar-refractivity contribution in [3.63, 3.8) is 0 Å². The van der Waals surface area contributed by atoms with E-state index in [1.54, 1.807) is 0 Å². The molecule has 0 radical (unpaired) electrons. The summed E-state index contributed by atoms with van der Waals surface area (Å²) in [6.07, 6.45) is 9.09. The fourth-order valence-electron chi connectivity index (χ4n) is 3.15. The molecule has 5 nitrogen and oxygen atoms in total. The van der Waals surface area contributed by atoms with Gasteiger partial charge in [-0.2, -0.15) is 0 Å². The Balaban J connectivity index is 0. The summed E-state index contributed by atoms with van der Waals surface area (Å²) >= 11 is 0. The molecule has 0 unspecified atom stereocenters. The van der Waals surface area contributed by atoms with E-state index in [0.29, 0.717) is 6.54 Å². The van der Waals surface area contributed by atoms with Crippen molar-refractivity contribution in [2.24, 2.45) is 17.1 Å². The Morgan fingerprint density at radius 1 is 1.13 bits per heavy atom. The maximum Gasteiger partial charge on any atom is 1.00 e. The fraction of sp³-hybridized carbons (Fsp3) is 0.882. The number of hydrogen-bond acceptors (Lipinski definition) is 4. The Bertz CT molecular complexity index is 325. The summed E-state index contributed by atoms with van der Waals surface area (Å²) in [6, 6.07) is 0. The van der Waals surface area contributed by atoms with Gasteiger partial charge in [0.1, 0.15) is 0 Å². The van der Waals surface area contributed by atoms with Gasteiger partial charge in [0.2, 0.25) is 0 Å². The predicted octanol–water partition coefficient (Wildman–Crippen LogP) is -0.673. The zero-order valence-corrected chi connectivity index (χ0v) is 17.1. The minimum atomic E-state index is -0.956. The molecule has 1 rings (SSSR count). The van der Waals surface area contributed by atoms with Gasteiger partial charge in [0, 0.05) is 5.97 Å². The molecule has 6 heteroatoms. The van der Waals surface area contributed by atoms with Gasteiger partial charge < -0.3 is 20.7 Å². The third-order valence-corrected chi connectivity index (χ3v) is 4.49. The van der Waals surface area contributed by atoms with E-state index in [9.17, 15) is 14.7 Å². The average molecular weight is 337 g/mol. The molecule has 0 aromatic heterocycles. The van der Waals surface area contributed by atoms with Crippen molar-refractivity contribution < 1.29 is 49.4 Å². The van der Waals surface area contributed by atoms with Gasteiger partial charge >= 0.3 is 35.5 Å². The third-order valence-electron chi connectivity index (χ3n) is 4.49. The van der Waals surface area contributed by atoms with Gasteiger partial charge in [-0.25, -0.2) is 0 Å². The van der Waals surface area contributed by atoms with Crippen LogP contribution in [0.1, 0.15) is 78.1 Å². The van der Waals surface area contributed by atoms with Crippen molar-refractivity contribution in [2.45, 2.75) is 78.1 Å². The van der Waals surface area contributed by atoms with Crippen LogP contribution in [0.15, 0.2) is 0 Å². The van der Waals surface area contributed by atoms with E-state index in [2.05, 4.69) is 0 Å². The summed E-state index contributed by atoms with van der Waals surface area (Å²) in [7, 11) is 0. The zero-order chi connectivity index (χ0) is 17.0. The zero-order valence-electron chi connectivity index (χ0n) is 15.1. The molecule has 1 saturated carbocycles. The minimum absolute atomic E-state index is 0. The second-order valence-corrected chi connectivity index (χ2v) is 6.43. The van der Waals surface area contributed by atoms with Crippen LogP contribution in [0.5, 0.6) is 0 Å². The van der Waals surface area contributed by atoms with E-state index in [-0.39, 0.29) is 47.3 Å². The van der Waals surface area contributed by atoms with Crippen LogP contribution < -0.4 is 40.4 Å². The SMILES string of the molecule is CCCC(CCC)C(=O)O.NCC1(CC(=O)[O-])CCCCC1.[Na+]. The van der Waals surface area contributed by atoms with E-state index >= 15 is 0 Å². The quantitative estimate of drug-likeness (QED) is 0.572. The number of carboxylic acid groups (broad SMARTS) is 2. The first kappa shape index (κ1) is 25.1. The Kier molecular flexibility index (Phi) is 15.6. The first-order valence-electron chi connectivity index (χ1n) is 8.53. The number of hydrogen-bond donors (Lipinski definition) is 2. The molecule has 0 atom stereocenters. The predicted molar refractivity (Wildman–Crippen MR) is 85.1 cm³/mol. The molecule has 3 N–H and O–H groups in total. The normalized spacial score (nSPS) is 16.0. The van der Waals surface area contributed by atoms with Crippen LogP contribution in [-0.4, -0.2) is 23.6 Å². The fourth-order valence-corrected chi connectivity index (χ4v) is 3.15. The summed E-state index contributed by atoms with van der Waals surface area (Å²) < 4.78 is 0. The number of carbonyl (C=O) groups excluding carboxylic acids is 1. The maximum absolute atomic E-state index is 10.5. The maximum atomic E-state index is 10.5. The van der Waals surface area contributed by atoms with Gasteiger partial charge in [0.15, 0.2) is 0 Å². The number of rotatable bonds is 8. The van der Waals surface area contributed by atoms with Gasteiger partial charge in [-0.3, -0.25) is 4.79 Å². The molecule has 0 amide bonds. The van der Waals surface area contributed by atoms with Crippen LogP contribution in [0, 0.1) is 11.3 Å². The second-order valence-electron chi connectivity index (χ2n) is 6.43. The van der Waals surface area contributed by atoms with Gasteiger partial charge in [0.25, 0.3) is 0 Å². The summed E-state index contributed by atoms with van der Waals surface area (Å²) in [5, 5.41) is 19.1. The first-order valence-corrected chi connectivity index (χ1v) is 8.53. The Labute approximate surface area is 162 Å². The van der Waals surface area contributed by atoms with Gasteiger partial charge in [0.05, 0.1) is 5.92 Å². The largest absolute Gasteiger partial charge is 1.00 e. The molecule has 0 saturated heterocycles. The van der Waals surface area contributed by atoms with Crippen molar-refractivity contribution in [3.8, 4) is 0 Å². The molecular weight excluding hydrogens is 305 g/mol. The summed E-state index contributed by atoms with van der Waals surface area (Å²) in [5.41, 5.74) is 5.45.